The summed E-state index contributed by atoms with van der Waals surface area (Å²) in [6.07, 6.45) is 5.01. The zero-order chi connectivity index (χ0) is 15.4. The number of ether oxygens (including phenoxy) is 1. The lowest BCUT2D eigenvalue weighted by atomic mass is 10.2. The van der Waals surface area contributed by atoms with Gasteiger partial charge in [0.15, 0.2) is 5.70 Å². The number of nitrogens with zero attached hydrogens (tertiary/aromatic N) is 1. The van der Waals surface area contributed by atoms with Gasteiger partial charge in [0, 0.05) is 6.08 Å². The molecule has 0 amide bonds. The second-order valence-corrected chi connectivity index (χ2v) is 4.66. The Morgan fingerprint density at radius 2 is 1.64 bits per heavy atom. The van der Waals surface area contributed by atoms with E-state index in [1.54, 1.807) is 24.3 Å². The van der Waals surface area contributed by atoms with E-state index in [1.807, 2.05) is 36.4 Å². The highest BCUT2D eigenvalue weighted by molar-refractivity contribution is 6.11. The van der Waals surface area contributed by atoms with Crippen LogP contribution in [-0.4, -0.2) is 11.9 Å². The maximum absolute atomic E-state index is 12.9. The summed E-state index contributed by atoms with van der Waals surface area (Å²) >= 11 is 0. The van der Waals surface area contributed by atoms with Gasteiger partial charge in [0.1, 0.15) is 5.82 Å². The molecule has 3 nitrogen and oxygen atoms in total. The fourth-order valence-electron chi connectivity index (χ4n) is 1.95. The van der Waals surface area contributed by atoms with Crippen LogP contribution in [0, 0.1) is 5.82 Å². The summed E-state index contributed by atoms with van der Waals surface area (Å²) in [4.78, 5) is 15.9. The zero-order valence-electron chi connectivity index (χ0n) is 11.6. The van der Waals surface area contributed by atoms with Gasteiger partial charge in [0.2, 0.25) is 5.90 Å². The lowest BCUT2D eigenvalue weighted by molar-refractivity contribution is -0.129. The Morgan fingerprint density at radius 1 is 0.909 bits per heavy atom. The summed E-state index contributed by atoms with van der Waals surface area (Å²) < 4.78 is 17.9. The molecule has 4 heteroatoms. The summed E-state index contributed by atoms with van der Waals surface area (Å²) in [6, 6.07) is 15.4. The molecule has 1 heterocycles. The minimum Gasteiger partial charge on any atom is -0.403 e. The van der Waals surface area contributed by atoms with E-state index >= 15 is 0 Å². The topological polar surface area (TPSA) is 38.7 Å². The molecular weight excluding hydrogens is 281 g/mol. The molecule has 1 aliphatic rings. The fourth-order valence-corrected chi connectivity index (χ4v) is 1.95. The lowest BCUT2D eigenvalue weighted by Gasteiger charge is -1.93. The van der Waals surface area contributed by atoms with Gasteiger partial charge < -0.3 is 4.74 Å². The molecule has 2 aromatic carbocycles. The van der Waals surface area contributed by atoms with Gasteiger partial charge in [-0.05, 0) is 35.4 Å². The smallest absolute Gasteiger partial charge is 0.363 e. The predicted octanol–water partition coefficient (Wildman–Crippen LogP) is 3.84. The van der Waals surface area contributed by atoms with Crippen LogP contribution in [0.15, 0.2) is 71.4 Å². The number of esters is 1. The average Bonchev–Trinajstić information content (AvgIpc) is 2.89. The van der Waals surface area contributed by atoms with Crippen LogP contribution in [0.1, 0.15) is 11.1 Å². The molecule has 22 heavy (non-hydrogen) atoms. The molecule has 0 spiro atoms. The summed E-state index contributed by atoms with van der Waals surface area (Å²) in [5.41, 5.74) is 1.86. The first-order valence-corrected chi connectivity index (χ1v) is 6.72. The van der Waals surface area contributed by atoms with Gasteiger partial charge in [0.05, 0.1) is 0 Å². The van der Waals surface area contributed by atoms with E-state index < -0.39 is 5.97 Å². The SMILES string of the molecule is O=C1OC(/C=C/c2ccccc2)=NC/1=C\c1ccc(F)cc1. The van der Waals surface area contributed by atoms with Gasteiger partial charge in [-0.2, -0.15) is 0 Å². The minimum atomic E-state index is -0.517. The van der Waals surface area contributed by atoms with Gasteiger partial charge in [-0.25, -0.2) is 14.2 Å². The second-order valence-electron chi connectivity index (χ2n) is 4.66. The molecule has 0 atom stereocenters. The van der Waals surface area contributed by atoms with Crippen molar-refractivity contribution in [2.24, 2.45) is 4.99 Å². The second kappa shape index (κ2) is 6.18. The Morgan fingerprint density at radius 3 is 2.36 bits per heavy atom. The zero-order valence-corrected chi connectivity index (χ0v) is 11.6. The van der Waals surface area contributed by atoms with Crippen LogP contribution >= 0.6 is 0 Å². The molecule has 1 aliphatic heterocycles. The fraction of sp³-hybridized carbons (Fsp3) is 0. The molecule has 108 valence electrons. The van der Waals surface area contributed by atoms with Crippen LogP contribution in [0.2, 0.25) is 0 Å². The first-order chi connectivity index (χ1) is 10.7. The number of carbonyl (C=O) groups is 1. The largest absolute Gasteiger partial charge is 0.403 e. The Labute approximate surface area is 127 Å². The van der Waals surface area contributed by atoms with Crippen molar-refractivity contribution in [3.63, 3.8) is 0 Å². The van der Waals surface area contributed by atoms with Gasteiger partial charge >= 0.3 is 5.97 Å². The van der Waals surface area contributed by atoms with Crippen LogP contribution in [0.5, 0.6) is 0 Å². The molecule has 0 radical (unpaired) electrons. The highest BCUT2D eigenvalue weighted by atomic mass is 19.1. The number of rotatable bonds is 3. The van der Waals surface area contributed by atoms with Crippen molar-refractivity contribution in [1.82, 2.24) is 0 Å². The van der Waals surface area contributed by atoms with Crippen molar-refractivity contribution >= 4 is 24.0 Å². The highest BCUT2D eigenvalue weighted by Crippen LogP contribution is 2.17. The quantitative estimate of drug-likeness (QED) is 0.637. The highest BCUT2D eigenvalue weighted by Gasteiger charge is 2.20. The van der Waals surface area contributed by atoms with Crippen LogP contribution in [0.25, 0.3) is 12.2 Å². The van der Waals surface area contributed by atoms with Crippen LogP contribution < -0.4 is 0 Å². The molecule has 0 aliphatic carbocycles. The van der Waals surface area contributed by atoms with Crippen molar-refractivity contribution in [3.05, 3.63) is 83.3 Å². The monoisotopic (exact) mass is 293 g/mol. The standard InChI is InChI=1S/C18H12FNO2/c19-15-9-6-14(7-10-15)12-16-18(21)22-17(20-16)11-8-13-4-2-1-3-5-13/h1-12H/b11-8+,16-12-. The molecule has 0 saturated carbocycles. The summed E-state index contributed by atoms with van der Waals surface area (Å²) in [5, 5.41) is 0. The third kappa shape index (κ3) is 3.35. The summed E-state index contributed by atoms with van der Waals surface area (Å²) in [5.74, 6) is -0.606. The molecule has 0 aromatic heterocycles. The molecule has 0 unspecified atom stereocenters. The average molecular weight is 293 g/mol. The Bertz CT molecular complexity index is 774. The van der Waals surface area contributed by atoms with E-state index in [0.29, 0.717) is 5.56 Å². The Kier molecular flexibility index (Phi) is 3.92. The van der Waals surface area contributed by atoms with Crippen LogP contribution in [0.4, 0.5) is 4.39 Å². The number of hydrogen-bond donors (Lipinski definition) is 0. The predicted molar refractivity (Wildman–Crippen MR) is 83.4 cm³/mol. The van der Waals surface area contributed by atoms with Crippen molar-refractivity contribution in [3.8, 4) is 0 Å². The number of aliphatic imine (C=N–C) groups is 1. The van der Waals surface area contributed by atoms with E-state index in [2.05, 4.69) is 4.99 Å². The Balaban J connectivity index is 1.79. The molecular formula is C18H12FNO2. The molecule has 2 aromatic rings. The Hall–Kier alpha value is -3.01. The third-order valence-electron chi connectivity index (χ3n) is 3.03. The first-order valence-electron chi connectivity index (χ1n) is 6.72. The maximum atomic E-state index is 12.9. The van der Waals surface area contributed by atoms with Crippen molar-refractivity contribution in [1.29, 1.82) is 0 Å². The molecule has 0 bridgehead atoms. The van der Waals surface area contributed by atoms with E-state index in [-0.39, 0.29) is 17.4 Å². The minimum absolute atomic E-state index is 0.194. The lowest BCUT2D eigenvalue weighted by Crippen LogP contribution is -2.01. The van der Waals surface area contributed by atoms with Crippen molar-refractivity contribution < 1.29 is 13.9 Å². The normalized spacial score (nSPS) is 16.1. The first kappa shape index (κ1) is 13.9. The summed E-state index contributed by atoms with van der Waals surface area (Å²) in [6.45, 7) is 0. The van der Waals surface area contributed by atoms with E-state index in [1.165, 1.54) is 12.1 Å². The number of carbonyl (C=O) groups excluding carboxylic acids is 1. The number of cyclic esters (lactones) is 1. The van der Waals surface area contributed by atoms with Gasteiger partial charge in [-0.1, -0.05) is 42.5 Å². The number of benzene rings is 2. The van der Waals surface area contributed by atoms with Crippen LogP contribution in [0.3, 0.4) is 0 Å². The van der Waals surface area contributed by atoms with Gasteiger partial charge in [-0.15, -0.1) is 0 Å². The van der Waals surface area contributed by atoms with E-state index in [4.69, 9.17) is 4.74 Å². The molecule has 0 fully saturated rings. The van der Waals surface area contributed by atoms with Gasteiger partial charge in [-0.3, -0.25) is 0 Å². The van der Waals surface area contributed by atoms with Gasteiger partial charge in [0.25, 0.3) is 0 Å². The molecule has 0 N–H and O–H groups in total. The number of hydrogen-bond acceptors (Lipinski definition) is 3. The number of halogens is 1. The summed E-state index contributed by atoms with van der Waals surface area (Å²) in [7, 11) is 0. The molecule has 0 saturated heterocycles. The maximum Gasteiger partial charge on any atom is 0.363 e. The van der Waals surface area contributed by atoms with E-state index in [0.717, 1.165) is 5.56 Å². The van der Waals surface area contributed by atoms with Crippen LogP contribution in [-0.2, 0) is 9.53 Å². The third-order valence-corrected chi connectivity index (χ3v) is 3.03. The molecule has 3 rings (SSSR count). The van der Waals surface area contributed by atoms with Crippen molar-refractivity contribution in [2.45, 2.75) is 0 Å². The van der Waals surface area contributed by atoms with E-state index in [9.17, 15) is 9.18 Å². The van der Waals surface area contributed by atoms with Crippen molar-refractivity contribution in [2.75, 3.05) is 0 Å².